The molecule has 0 aliphatic heterocycles. The van der Waals surface area contributed by atoms with Crippen LogP contribution in [0.2, 0.25) is 0 Å². The van der Waals surface area contributed by atoms with Crippen LogP contribution in [0.15, 0.2) is 24.3 Å². The molecule has 0 radical (unpaired) electrons. The highest BCUT2D eigenvalue weighted by molar-refractivity contribution is 7.80. The van der Waals surface area contributed by atoms with Gasteiger partial charge in [-0.1, -0.05) is 43.2 Å². The van der Waals surface area contributed by atoms with Gasteiger partial charge in [0, 0.05) is 18.3 Å². The number of ether oxygens (including phenoxy) is 1. The minimum absolute atomic E-state index is 0.0476. The molecule has 7 nitrogen and oxygen atoms in total. The SMILES string of the molecule is CCCCNC(=O)C(c1ccc(C)cc1)N(C(=O)C(CS)NC(=O)OC(C)(C)C)C1CC1. The zero-order valence-corrected chi connectivity index (χ0v) is 20.7. The van der Waals surface area contributed by atoms with E-state index in [1.54, 1.807) is 25.7 Å². The number of nitrogens with zero attached hydrogens (tertiary/aromatic N) is 1. The van der Waals surface area contributed by atoms with Crippen molar-refractivity contribution in [3.05, 3.63) is 35.4 Å². The Bertz CT molecular complexity index is 787. The molecule has 1 aliphatic carbocycles. The Morgan fingerprint density at radius 3 is 2.31 bits per heavy atom. The molecule has 0 heterocycles. The van der Waals surface area contributed by atoms with E-state index < -0.39 is 23.8 Å². The van der Waals surface area contributed by atoms with Gasteiger partial charge in [0.25, 0.3) is 0 Å². The van der Waals surface area contributed by atoms with Crippen LogP contribution in [-0.2, 0) is 14.3 Å². The van der Waals surface area contributed by atoms with E-state index in [1.165, 1.54) is 0 Å². The average molecular weight is 464 g/mol. The second-order valence-electron chi connectivity index (χ2n) is 9.32. The van der Waals surface area contributed by atoms with E-state index in [-0.39, 0.29) is 23.6 Å². The molecule has 1 aliphatic rings. The summed E-state index contributed by atoms with van der Waals surface area (Å²) in [6.07, 6.45) is 2.79. The lowest BCUT2D eigenvalue weighted by Gasteiger charge is -2.34. The predicted octanol–water partition coefficient (Wildman–Crippen LogP) is 3.77. The second kappa shape index (κ2) is 11.6. The lowest BCUT2D eigenvalue weighted by Crippen LogP contribution is -2.54. The lowest BCUT2D eigenvalue weighted by molar-refractivity contribution is -0.142. The molecule has 0 aromatic heterocycles. The summed E-state index contributed by atoms with van der Waals surface area (Å²) in [5.41, 5.74) is 1.14. The molecule has 2 unspecified atom stereocenters. The highest BCUT2D eigenvalue weighted by atomic mass is 32.1. The second-order valence-corrected chi connectivity index (χ2v) is 9.68. The highest BCUT2D eigenvalue weighted by Crippen LogP contribution is 2.35. The molecule has 32 heavy (non-hydrogen) atoms. The summed E-state index contributed by atoms with van der Waals surface area (Å²) in [5.74, 6) is -0.443. The van der Waals surface area contributed by atoms with Gasteiger partial charge in [0.2, 0.25) is 11.8 Å². The van der Waals surface area contributed by atoms with E-state index >= 15 is 0 Å². The van der Waals surface area contributed by atoms with Crippen LogP contribution in [0.4, 0.5) is 4.79 Å². The van der Waals surface area contributed by atoms with Gasteiger partial charge in [0.1, 0.15) is 17.7 Å². The van der Waals surface area contributed by atoms with Crippen LogP contribution < -0.4 is 10.6 Å². The van der Waals surface area contributed by atoms with Gasteiger partial charge in [-0.25, -0.2) is 4.79 Å². The molecule has 178 valence electrons. The van der Waals surface area contributed by atoms with Gasteiger partial charge in [0.05, 0.1) is 0 Å². The van der Waals surface area contributed by atoms with E-state index in [4.69, 9.17) is 4.74 Å². The van der Waals surface area contributed by atoms with Gasteiger partial charge in [-0.2, -0.15) is 12.6 Å². The Balaban J connectivity index is 2.31. The number of carbonyl (C=O) groups is 3. The number of alkyl carbamates (subject to hydrolysis) is 1. The van der Waals surface area contributed by atoms with Crippen LogP contribution in [0.5, 0.6) is 0 Å². The maximum absolute atomic E-state index is 13.6. The van der Waals surface area contributed by atoms with Crippen molar-refractivity contribution in [3.63, 3.8) is 0 Å². The van der Waals surface area contributed by atoms with Crippen LogP contribution in [0.25, 0.3) is 0 Å². The summed E-state index contributed by atoms with van der Waals surface area (Å²) in [6.45, 7) is 9.86. The van der Waals surface area contributed by atoms with Crippen molar-refractivity contribution in [2.24, 2.45) is 0 Å². The molecule has 1 saturated carbocycles. The Morgan fingerprint density at radius 2 is 1.81 bits per heavy atom. The topological polar surface area (TPSA) is 87.7 Å². The summed E-state index contributed by atoms with van der Waals surface area (Å²) in [4.78, 5) is 40.8. The smallest absolute Gasteiger partial charge is 0.408 e. The van der Waals surface area contributed by atoms with Crippen LogP contribution in [0.1, 0.15) is 70.5 Å². The molecule has 0 spiro atoms. The number of hydrogen-bond donors (Lipinski definition) is 3. The Kier molecular flexibility index (Phi) is 9.43. The van der Waals surface area contributed by atoms with Crippen LogP contribution in [-0.4, -0.2) is 52.8 Å². The standard InChI is InChI=1S/C24H37N3O4S/c1-6-7-14-25-21(28)20(17-10-8-16(2)9-11-17)27(18-12-13-18)22(29)19(15-32)26-23(30)31-24(3,4)5/h8-11,18-20,32H,6-7,12-15H2,1-5H3,(H,25,28)(H,26,30). The summed E-state index contributed by atoms with van der Waals surface area (Å²) in [7, 11) is 0. The number of nitrogens with one attached hydrogen (secondary N) is 2. The molecular weight excluding hydrogens is 426 g/mol. The number of hydrogen-bond acceptors (Lipinski definition) is 5. The van der Waals surface area contributed by atoms with Crippen molar-refractivity contribution in [3.8, 4) is 0 Å². The Hall–Kier alpha value is -2.22. The first-order valence-corrected chi connectivity index (χ1v) is 12.0. The fourth-order valence-corrected chi connectivity index (χ4v) is 3.61. The zero-order valence-electron chi connectivity index (χ0n) is 19.8. The van der Waals surface area contributed by atoms with Gasteiger partial charge in [-0.15, -0.1) is 0 Å². The predicted molar refractivity (Wildman–Crippen MR) is 129 cm³/mol. The van der Waals surface area contributed by atoms with Crippen molar-refractivity contribution in [1.82, 2.24) is 15.5 Å². The first-order chi connectivity index (χ1) is 15.1. The Morgan fingerprint density at radius 1 is 1.19 bits per heavy atom. The Labute approximate surface area is 197 Å². The molecule has 1 aromatic rings. The number of thiol groups is 1. The highest BCUT2D eigenvalue weighted by Gasteiger charge is 2.43. The first kappa shape index (κ1) is 26.0. The summed E-state index contributed by atoms with van der Waals surface area (Å²) in [6, 6.07) is 5.94. The maximum Gasteiger partial charge on any atom is 0.408 e. The van der Waals surface area contributed by atoms with Crippen LogP contribution in [0.3, 0.4) is 0 Å². The third-order valence-electron chi connectivity index (χ3n) is 5.12. The molecule has 2 rings (SSSR count). The number of rotatable bonds is 10. The molecule has 3 amide bonds. The number of benzene rings is 1. The minimum Gasteiger partial charge on any atom is -0.444 e. The number of unbranched alkanes of at least 4 members (excludes halogenated alkanes) is 1. The van der Waals surface area contributed by atoms with Gasteiger partial charge in [-0.05, 0) is 52.5 Å². The van der Waals surface area contributed by atoms with E-state index in [0.717, 1.165) is 36.8 Å². The molecule has 0 bridgehead atoms. The van der Waals surface area contributed by atoms with E-state index in [9.17, 15) is 14.4 Å². The normalized spacial score (nSPS) is 15.4. The summed E-state index contributed by atoms with van der Waals surface area (Å²) < 4.78 is 5.31. The van der Waals surface area contributed by atoms with Crippen molar-refractivity contribution in [1.29, 1.82) is 0 Å². The van der Waals surface area contributed by atoms with E-state index in [1.807, 2.05) is 31.2 Å². The fourth-order valence-electron chi connectivity index (χ4n) is 3.36. The fraction of sp³-hybridized carbons (Fsp3) is 0.625. The van der Waals surface area contributed by atoms with Crippen LogP contribution in [0, 0.1) is 6.92 Å². The molecule has 1 aromatic carbocycles. The van der Waals surface area contributed by atoms with Crippen molar-refractivity contribution in [2.75, 3.05) is 12.3 Å². The molecular formula is C24H37N3O4S. The molecule has 8 heteroatoms. The van der Waals surface area contributed by atoms with Crippen LogP contribution >= 0.6 is 12.6 Å². The van der Waals surface area contributed by atoms with Crippen molar-refractivity contribution < 1.29 is 19.1 Å². The van der Waals surface area contributed by atoms with Crippen molar-refractivity contribution in [2.45, 2.75) is 84.0 Å². The molecule has 2 atom stereocenters. The third-order valence-corrected chi connectivity index (χ3v) is 5.48. The van der Waals surface area contributed by atoms with Gasteiger partial charge >= 0.3 is 6.09 Å². The monoisotopic (exact) mass is 463 g/mol. The van der Waals surface area contributed by atoms with Gasteiger partial charge in [0.15, 0.2) is 0 Å². The quantitative estimate of drug-likeness (QED) is 0.364. The summed E-state index contributed by atoms with van der Waals surface area (Å²) in [5, 5.41) is 5.61. The summed E-state index contributed by atoms with van der Waals surface area (Å²) >= 11 is 4.30. The van der Waals surface area contributed by atoms with Crippen molar-refractivity contribution >= 4 is 30.5 Å². The van der Waals surface area contributed by atoms with Gasteiger partial charge < -0.3 is 20.3 Å². The van der Waals surface area contributed by atoms with E-state index in [2.05, 4.69) is 30.2 Å². The number of carbonyl (C=O) groups excluding carboxylic acids is 3. The van der Waals surface area contributed by atoms with E-state index in [0.29, 0.717) is 6.54 Å². The molecule has 2 N–H and O–H groups in total. The average Bonchev–Trinajstić information content (AvgIpc) is 3.54. The molecule has 0 saturated heterocycles. The first-order valence-electron chi connectivity index (χ1n) is 11.3. The largest absolute Gasteiger partial charge is 0.444 e. The third kappa shape index (κ3) is 7.73. The maximum atomic E-state index is 13.6. The molecule has 1 fully saturated rings. The lowest BCUT2D eigenvalue weighted by atomic mass is 10.0. The minimum atomic E-state index is -0.898. The number of aryl methyl sites for hydroxylation is 1. The van der Waals surface area contributed by atoms with Gasteiger partial charge in [-0.3, -0.25) is 9.59 Å². The zero-order chi connectivity index (χ0) is 23.9. The number of amides is 3.